The van der Waals surface area contributed by atoms with Crippen molar-refractivity contribution in [3.63, 3.8) is 0 Å². The Balaban J connectivity index is 3.10. The van der Waals surface area contributed by atoms with Crippen LogP contribution in [0.4, 0.5) is 0 Å². The van der Waals surface area contributed by atoms with Crippen molar-refractivity contribution in [3.05, 3.63) is 24.3 Å². The van der Waals surface area contributed by atoms with E-state index in [4.69, 9.17) is 17.7 Å². The van der Waals surface area contributed by atoms with Crippen LogP contribution in [0.15, 0.2) is 24.3 Å². The van der Waals surface area contributed by atoms with Crippen molar-refractivity contribution in [1.82, 2.24) is 0 Å². The molecule has 0 aliphatic carbocycles. The molecule has 0 unspecified atom stereocenters. The highest BCUT2D eigenvalue weighted by atomic mass is 28.4. The first-order valence-corrected chi connectivity index (χ1v) is 27.3. The van der Waals surface area contributed by atoms with Crippen molar-refractivity contribution in [3.8, 4) is 23.0 Å². The Kier molecular flexibility index (Phi) is 9.93. The highest BCUT2D eigenvalue weighted by Gasteiger charge is 2.44. The summed E-state index contributed by atoms with van der Waals surface area (Å²) in [4.78, 5) is 0. The van der Waals surface area contributed by atoms with Gasteiger partial charge in [-0.3, -0.25) is 0 Å². The lowest BCUT2D eigenvalue weighted by molar-refractivity contribution is 0.472. The monoisotopic (exact) mass is 648 g/mol. The van der Waals surface area contributed by atoms with E-state index < -0.39 is 33.3 Å². The molecule has 240 valence electrons. The third-order valence-corrected chi connectivity index (χ3v) is 28.1. The zero-order chi connectivity index (χ0) is 33.1. The van der Waals surface area contributed by atoms with Crippen molar-refractivity contribution in [2.45, 2.75) is 156 Å². The van der Waals surface area contributed by atoms with E-state index in [2.05, 4.69) is 160 Å². The molecule has 0 bridgehead atoms. The number of hydrogen-bond acceptors (Lipinski definition) is 4. The molecule has 0 atom stereocenters. The summed E-state index contributed by atoms with van der Waals surface area (Å²) >= 11 is 0. The topological polar surface area (TPSA) is 36.9 Å². The average Bonchev–Trinajstić information content (AvgIpc) is 2.72. The first-order chi connectivity index (χ1) is 18.3. The van der Waals surface area contributed by atoms with E-state index in [0.717, 1.165) is 33.8 Å². The summed E-state index contributed by atoms with van der Waals surface area (Å²) in [6.45, 7) is 45.9. The lowest BCUT2D eigenvalue weighted by atomic mass is 10.1. The molecule has 4 nitrogen and oxygen atoms in total. The maximum Gasteiger partial charge on any atom is 0.250 e. The molecule has 2 rings (SSSR count). The van der Waals surface area contributed by atoms with Crippen molar-refractivity contribution >= 4 is 44.0 Å². The summed E-state index contributed by atoms with van der Waals surface area (Å²) in [6, 6.07) is 8.50. The van der Waals surface area contributed by atoms with E-state index >= 15 is 0 Å². The Hall–Kier alpha value is -1.23. The second kappa shape index (κ2) is 11.3. The fraction of sp³-hybridized carbons (Fsp3) is 0.706. The molecular weight excluding hydrogens is 585 g/mol. The number of benzene rings is 2. The van der Waals surface area contributed by atoms with Gasteiger partial charge in [-0.1, -0.05) is 83.1 Å². The number of fused-ring (bicyclic) bond motifs is 1. The van der Waals surface area contributed by atoms with Gasteiger partial charge in [-0.25, -0.2) is 0 Å². The van der Waals surface area contributed by atoms with Crippen LogP contribution in [-0.2, 0) is 0 Å². The van der Waals surface area contributed by atoms with Crippen molar-refractivity contribution < 1.29 is 17.7 Å². The molecule has 0 aliphatic rings. The van der Waals surface area contributed by atoms with Gasteiger partial charge in [0.05, 0.1) is 10.8 Å². The molecule has 0 saturated heterocycles. The standard InChI is InChI=1S/C34H64O4Si4/c1-31(2,3)39(13,14)35-25-21-22-27(37-41(17,18)33(7,8)9)30-28(38-42(19,20)34(10,11)12)24-23-26(29(25)30)36-40(15,16)32(4,5)6/h21-24H,1-20H3. The first-order valence-electron chi connectivity index (χ1n) is 15.7. The summed E-state index contributed by atoms with van der Waals surface area (Å²) in [5.41, 5.74) is 0. The molecule has 8 heteroatoms. The normalized spacial score (nSPS) is 14.7. The van der Waals surface area contributed by atoms with Gasteiger partial charge in [0.2, 0.25) is 0 Å². The van der Waals surface area contributed by atoms with Crippen molar-refractivity contribution in [2.75, 3.05) is 0 Å². The number of rotatable bonds is 8. The summed E-state index contributed by atoms with van der Waals surface area (Å²) in [6.07, 6.45) is 0. The molecule has 0 radical (unpaired) electrons. The molecule has 0 amide bonds. The average molecular weight is 649 g/mol. The molecule has 2 aromatic carbocycles. The Bertz CT molecular complexity index is 1070. The van der Waals surface area contributed by atoms with Crippen LogP contribution in [0.3, 0.4) is 0 Å². The second-order valence-electron chi connectivity index (χ2n) is 18.3. The SMILES string of the molecule is CC(C)(C)[Si](C)(C)Oc1ccc(O[Si](C)(C)C(C)(C)C)c2c(O[Si](C)(C)C(C)(C)C)ccc(O[Si](C)(C)C(C)(C)C)c12. The summed E-state index contributed by atoms with van der Waals surface area (Å²) in [7, 11) is -8.71. The third-order valence-electron chi connectivity index (χ3n) is 10.7. The molecule has 42 heavy (non-hydrogen) atoms. The maximum atomic E-state index is 7.11. The van der Waals surface area contributed by atoms with Gasteiger partial charge in [0.1, 0.15) is 23.0 Å². The molecule has 0 heterocycles. The smallest absolute Gasteiger partial charge is 0.250 e. The molecular formula is C34H64O4Si4. The van der Waals surface area contributed by atoms with E-state index in [9.17, 15) is 0 Å². The van der Waals surface area contributed by atoms with Gasteiger partial charge in [-0.15, -0.1) is 0 Å². The molecule has 0 N–H and O–H groups in total. The third kappa shape index (κ3) is 7.70. The minimum Gasteiger partial charge on any atom is -0.543 e. The second-order valence-corrected chi connectivity index (χ2v) is 37.2. The molecule has 0 fully saturated rings. The molecule has 0 aliphatic heterocycles. The molecule has 0 aromatic heterocycles. The predicted octanol–water partition coefficient (Wildman–Crippen LogP) is 12.4. The minimum atomic E-state index is -2.18. The van der Waals surface area contributed by atoms with Gasteiger partial charge < -0.3 is 17.7 Å². The maximum absolute atomic E-state index is 7.11. The van der Waals surface area contributed by atoms with Crippen LogP contribution in [0.5, 0.6) is 23.0 Å². The van der Waals surface area contributed by atoms with Crippen LogP contribution in [0.2, 0.25) is 72.5 Å². The van der Waals surface area contributed by atoms with Gasteiger partial charge in [0.25, 0.3) is 33.3 Å². The summed E-state index contributed by atoms with van der Waals surface area (Å²) < 4.78 is 28.4. The fourth-order valence-electron chi connectivity index (χ4n) is 3.42. The van der Waals surface area contributed by atoms with E-state index in [1.54, 1.807) is 0 Å². The van der Waals surface area contributed by atoms with Gasteiger partial charge in [0.15, 0.2) is 0 Å². The Morgan fingerprint density at radius 1 is 0.333 bits per heavy atom. The van der Waals surface area contributed by atoms with E-state index in [0.29, 0.717) is 0 Å². The fourth-order valence-corrected chi connectivity index (χ4v) is 7.53. The van der Waals surface area contributed by atoms with E-state index in [-0.39, 0.29) is 20.2 Å². The molecule has 0 spiro atoms. The predicted molar refractivity (Wildman–Crippen MR) is 195 cm³/mol. The van der Waals surface area contributed by atoms with E-state index in [1.165, 1.54) is 0 Å². The lowest BCUT2D eigenvalue weighted by Crippen LogP contribution is -2.45. The number of hydrogen-bond donors (Lipinski definition) is 0. The Morgan fingerprint density at radius 2 is 0.476 bits per heavy atom. The van der Waals surface area contributed by atoms with Crippen LogP contribution in [0.1, 0.15) is 83.1 Å². The first kappa shape index (κ1) is 37.0. The minimum absolute atomic E-state index is 0.0470. The lowest BCUT2D eigenvalue weighted by Gasteiger charge is -2.40. The van der Waals surface area contributed by atoms with Crippen LogP contribution in [-0.4, -0.2) is 33.3 Å². The van der Waals surface area contributed by atoms with Crippen LogP contribution >= 0.6 is 0 Å². The van der Waals surface area contributed by atoms with Crippen LogP contribution in [0.25, 0.3) is 10.8 Å². The van der Waals surface area contributed by atoms with Crippen molar-refractivity contribution in [1.29, 1.82) is 0 Å². The zero-order valence-electron chi connectivity index (χ0n) is 30.9. The van der Waals surface area contributed by atoms with Gasteiger partial charge >= 0.3 is 0 Å². The van der Waals surface area contributed by atoms with Crippen molar-refractivity contribution in [2.24, 2.45) is 0 Å². The summed E-state index contributed by atoms with van der Waals surface area (Å²) in [5.74, 6) is 3.48. The van der Waals surface area contributed by atoms with Gasteiger partial charge in [-0.05, 0) is 96.8 Å². The highest BCUT2D eigenvalue weighted by Crippen LogP contribution is 2.51. The Morgan fingerprint density at radius 3 is 0.595 bits per heavy atom. The summed E-state index contributed by atoms with van der Waals surface area (Å²) in [5, 5.41) is 2.15. The van der Waals surface area contributed by atoms with Gasteiger partial charge in [-0.2, -0.15) is 0 Å². The van der Waals surface area contributed by atoms with Gasteiger partial charge in [0, 0.05) is 0 Å². The van der Waals surface area contributed by atoms with Crippen LogP contribution < -0.4 is 17.7 Å². The molecule has 2 aromatic rings. The van der Waals surface area contributed by atoms with E-state index in [1.807, 2.05) is 0 Å². The quantitative estimate of drug-likeness (QED) is 0.267. The highest BCUT2D eigenvalue weighted by molar-refractivity contribution is 6.76. The molecule has 0 saturated carbocycles. The largest absolute Gasteiger partial charge is 0.543 e. The van der Waals surface area contributed by atoms with Crippen LogP contribution in [0, 0.1) is 0 Å². The zero-order valence-corrected chi connectivity index (χ0v) is 34.9. The Labute approximate surface area is 263 Å².